The first kappa shape index (κ1) is 22.5. The number of nitrogens with one attached hydrogen (secondary N) is 2. The van der Waals surface area contributed by atoms with Crippen molar-refractivity contribution in [1.29, 1.82) is 0 Å². The molecular formula is C25H25N3O4S. The summed E-state index contributed by atoms with van der Waals surface area (Å²) in [6.45, 7) is 2.46. The Bertz CT molecular complexity index is 1290. The quantitative estimate of drug-likeness (QED) is 0.583. The maximum atomic E-state index is 13.1. The highest BCUT2D eigenvalue weighted by Crippen LogP contribution is 2.30. The maximum absolute atomic E-state index is 13.1. The Morgan fingerprint density at radius 2 is 1.70 bits per heavy atom. The van der Waals surface area contributed by atoms with Crippen LogP contribution in [-0.4, -0.2) is 26.8 Å². The average Bonchev–Trinajstić information content (AvgIpc) is 2.82. The number of carbonyl (C=O) groups is 2. The second-order valence-electron chi connectivity index (χ2n) is 7.88. The normalized spacial score (nSPS) is 13.2. The molecule has 0 bridgehead atoms. The van der Waals surface area contributed by atoms with Gasteiger partial charge < -0.3 is 10.2 Å². The molecule has 2 amide bonds. The summed E-state index contributed by atoms with van der Waals surface area (Å²) in [5.41, 5.74) is 2.93. The van der Waals surface area contributed by atoms with E-state index in [-0.39, 0.29) is 28.0 Å². The third-order valence-electron chi connectivity index (χ3n) is 5.57. The minimum absolute atomic E-state index is 0.0693. The van der Waals surface area contributed by atoms with Crippen molar-refractivity contribution in [3.05, 3.63) is 89.5 Å². The van der Waals surface area contributed by atoms with E-state index in [0.29, 0.717) is 19.5 Å². The fraction of sp³-hybridized carbons (Fsp3) is 0.200. The molecule has 7 nitrogen and oxygen atoms in total. The van der Waals surface area contributed by atoms with Crippen molar-refractivity contribution in [3.63, 3.8) is 0 Å². The number of para-hydroxylation sites is 1. The summed E-state index contributed by atoms with van der Waals surface area (Å²) >= 11 is 0. The third-order valence-corrected chi connectivity index (χ3v) is 6.94. The van der Waals surface area contributed by atoms with E-state index in [4.69, 9.17) is 0 Å². The zero-order valence-corrected chi connectivity index (χ0v) is 19.1. The number of anilines is 2. The zero-order valence-electron chi connectivity index (χ0n) is 18.2. The second-order valence-corrected chi connectivity index (χ2v) is 9.57. The van der Waals surface area contributed by atoms with Crippen molar-refractivity contribution >= 4 is 33.2 Å². The van der Waals surface area contributed by atoms with Gasteiger partial charge in [-0.2, -0.15) is 0 Å². The summed E-state index contributed by atoms with van der Waals surface area (Å²) < 4.78 is 28.8. The number of sulfonamides is 1. The number of carbonyl (C=O) groups excluding carboxylic acids is 2. The molecule has 2 N–H and O–H groups in total. The lowest BCUT2D eigenvalue weighted by molar-refractivity contribution is -0.116. The summed E-state index contributed by atoms with van der Waals surface area (Å²) in [5, 5.41) is 2.83. The fourth-order valence-electron chi connectivity index (χ4n) is 3.91. The van der Waals surface area contributed by atoms with Gasteiger partial charge in [0.15, 0.2) is 0 Å². The number of benzene rings is 3. The molecule has 3 aromatic rings. The molecule has 1 aliphatic rings. The summed E-state index contributed by atoms with van der Waals surface area (Å²) in [5.74, 6) is -0.445. The van der Waals surface area contributed by atoms with Crippen molar-refractivity contribution in [2.45, 2.75) is 31.2 Å². The zero-order chi connectivity index (χ0) is 23.4. The molecule has 0 fully saturated rings. The number of rotatable bonds is 6. The van der Waals surface area contributed by atoms with E-state index >= 15 is 0 Å². The van der Waals surface area contributed by atoms with Gasteiger partial charge in [0.2, 0.25) is 5.91 Å². The van der Waals surface area contributed by atoms with E-state index in [2.05, 4.69) is 10.0 Å². The molecule has 33 heavy (non-hydrogen) atoms. The van der Waals surface area contributed by atoms with Crippen molar-refractivity contribution < 1.29 is 18.0 Å². The van der Waals surface area contributed by atoms with Gasteiger partial charge in [-0.15, -0.1) is 0 Å². The van der Waals surface area contributed by atoms with Crippen LogP contribution in [0.2, 0.25) is 0 Å². The largest absolute Gasteiger partial charge is 0.348 e. The van der Waals surface area contributed by atoms with Crippen molar-refractivity contribution in [1.82, 2.24) is 5.32 Å². The number of amides is 2. The van der Waals surface area contributed by atoms with E-state index in [0.717, 1.165) is 23.2 Å². The van der Waals surface area contributed by atoms with Gasteiger partial charge in [-0.05, 0) is 54.3 Å². The number of nitrogens with zero attached hydrogens (tertiary/aromatic N) is 1. The predicted octanol–water partition coefficient (Wildman–Crippen LogP) is 3.72. The van der Waals surface area contributed by atoms with Crippen molar-refractivity contribution in [3.8, 4) is 0 Å². The highest BCUT2D eigenvalue weighted by atomic mass is 32.2. The first-order chi connectivity index (χ1) is 15.8. The molecule has 1 aliphatic heterocycles. The van der Waals surface area contributed by atoms with Crippen LogP contribution in [0.5, 0.6) is 0 Å². The van der Waals surface area contributed by atoms with E-state index in [1.807, 2.05) is 30.3 Å². The Morgan fingerprint density at radius 1 is 0.970 bits per heavy atom. The molecule has 4 rings (SSSR count). The average molecular weight is 464 g/mol. The highest BCUT2D eigenvalue weighted by Gasteiger charge is 2.24. The Balaban J connectivity index is 1.55. The molecule has 0 aromatic heterocycles. The van der Waals surface area contributed by atoms with Crippen molar-refractivity contribution in [2.75, 3.05) is 16.2 Å². The molecule has 0 saturated heterocycles. The molecule has 3 aromatic carbocycles. The van der Waals surface area contributed by atoms with Crippen LogP contribution in [0.3, 0.4) is 0 Å². The molecule has 0 saturated carbocycles. The van der Waals surface area contributed by atoms with Gasteiger partial charge in [0, 0.05) is 25.7 Å². The van der Waals surface area contributed by atoms with Gasteiger partial charge in [0.05, 0.1) is 16.1 Å². The minimum atomic E-state index is -3.94. The first-order valence-electron chi connectivity index (χ1n) is 10.7. The molecule has 0 atom stereocenters. The van der Waals surface area contributed by atoms with E-state index in [1.165, 1.54) is 13.0 Å². The highest BCUT2D eigenvalue weighted by molar-refractivity contribution is 7.92. The smallest absolute Gasteiger partial charge is 0.261 e. The Labute approximate surface area is 193 Å². The SMILES string of the molecule is CC(=O)N1CCCc2cc(S(=O)(=O)Nc3ccccc3C(=O)NCc3ccccc3)ccc21. The number of hydrogen-bond donors (Lipinski definition) is 2. The molecule has 0 spiro atoms. The fourth-order valence-corrected chi connectivity index (χ4v) is 5.04. The first-order valence-corrected chi connectivity index (χ1v) is 12.2. The predicted molar refractivity (Wildman–Crippen MR) is 128 cm³/mol. The van der Waals surface area contributed by atoms with Gasteiger partial charge in [0.1, 0.15) is 0 Å². The van der Waals surface area contributed by atoms with Gasteiger partial charge in [0.25, 0.3) is 15.9 Å². The standard InChI is InChI=1S/C25H25N3O4S/c1-18(29)28-15-7-10-20-16-21(13-14-24(20)28)33(31,32)27-23-12-6-5-11-22(23)25(30)26-17-19-8-3-2-4-9-19/h2-6,8-9,11-14,16,27H,7,10,15,17H2,1H3,(H,26,30). The van der Waals surface area contributed by atoms with Gasteiger partial charge in [-0.1, -0.05) is 42.5 Å². The minimum Gasteiger partial charge on any atom is -0.348 e. The van der Waals surface area contributed by atoms with Crippen LogP contribution in [0, 0.1) is 0 Å². The lowest BCUT2D eigenvalue weighted by atomic mass is 10.0. The van der Waals surface area contributed by atoms with E-state index < -0.39 is 10.0 Å². The van der Waals surface area contributed by atoms with Crippen LogP contribution in [-0.2, 0) is 27.8 Å². The Morgan fingerprint density at radius 3 is 2.45 bits per heavy atom. The molecule has 170 valence electrons. The van der Waals surface area contributed by atoms with Gasteiger partial charge in [-0.3, -0.25) is 14.3 Å². The lowest BCUT2D eigenvalue weighted by Gasteiger charge is -2.28. The Kier molecular flexibility index (Phi) is 6.46. The van der Waals surface area contributed by atoms with Gasteiger partial charge in [-0.25, -0.2) is 8.42 Å². The number of hydrogen-bond acceptors (Lipinski definition) is 4. The monoisotopic (exact) mass is 463 g/mol. The molecule has 1 heterocycles. The Hall–Kier alpha value is -3.65. The molecule has 8 heteroatoms. The second kappa shape index (κ2) is 9.46. The van der Waals surface area contributed by atoms with Gasteiger partial charge >= 0.3 is 0 Å². The van der Waals surface area contributed by atoms with E-state index in [9.17, 15) is 18.0 Å². The summed E-state index contributed by atoms with van der Waals surface area (Å²) in [4.78, 5) is 26.4. The molecular weight excluding hydrogens is 438 g/mol. The van der Waals surface area contributed by atoms with E-state index in [1.54, 1.807) is 41.3 Å². The topological polar surface area (TPSA) is 95.6 Å². The third kappa shape index (κ3) is 5.06. The van der Waals surface area contributed by atoms with Crippen LogP contribution in [0.15, 0.2) is 77.7 Å². The summed E-state index contributed by atoms with van der Waals surface area (Å²) in [7, 11) is -3.94. The summed E-state index contributed by atoms with van der Waals surface area (Å²) in [6, 6.07) is 20.7. The van der Waals surface area contributed by atoms with Crippen LogP contribution in [0.1, 0.15) is 34.8 Å². The lowest BCUT2D eigenvalue weighted by Crippen LogP contribution is -2.33. The van der Waals surface area contributed by atoms with Crippen molar-refractivity contribution in [2.24, 2.45) is 0 Å². The number of aryl methyl sites for hydroxylation is 1. The van der Waals surface area contributed by atoms with Crippen LogP contribution in [0.25, 0.3) is 0 Å². The number of fused-ring (bicyclic) bond motifs is 1. The van der Waals surface area contributed by atoms with Crippen LogP contribution in [0.4, 0.5) is 11.4 Å². The maximum Gasteiger partial charge on any atom is 0.261 e. The molecule has 0 aliphatic carbocycles. The van der Waals surface area contributed by atoms with Crippen LogP contribution >= 0.6 is 0 Å². The molecule has 0 radical (unpaired) electrons. The molecule has 0 unspecified atom stereocenters. The summed E-state index contributed by atoms with van der Waals surface area (Å²) in [6.07, 6.45) is 1.47. The van der Waals surface area contributed by atoms with Crippen LogP contribution < -0.4 is 14.9 Å².